The number of azo groups is 2. The van der Waals surface area contributed by atoms with Gasteiger partial charge < -0.3 is 49.9 Å². The standard InChI is InChI=1S/C26H28N6O14S3/c27-14-1-2-17(23(9-14)48(39,40)41)29-30-18-11-21(46-6-4-34)19(12-20(18)45-5-3-33)31-32-25-24(49(42,43)44)8-13-7-22(47(36,37)38)16(28)10-15(13)26(25)35/h1-2,7-12,33-35,42-44H,3-6,27-28H2,(H,36,37,38)(H,39,40,41). The van der Waals surface area contributed by atoms with Crippen LogP contribution in [0.2, 0.25) is 0 Å². The van der Waals surface area contributed by atoms with E-state index in [4.69, 9.17) is 20.9 Å². The SMILES string of the molecule is Nc1ccc(N=Nc2cc(OCCO)c(N=Nc3c(S(O)(O)O)cc4cc(S(=O)(=O)O)c(N)cc4c3O)cc2OCCO)c(S(=O)(=O)O)c1. The normalized spacial score (nSPS) is 13.0. The van der Waals surface area contributed by atoms with Gasteiger partial charge in [-0.05, 0) is 41.8 Å². The number of aliphatic hydroxyl groups is 2. The van der Waals surface area contributed by atoms with Crippen LogP contribution in [0.5, 0.6) is 17.2 Å². The minimum Gasteiger partial charge on any atom is -0.505 e. The van der Waals surface area contributed by atoms with Crippen LogP contribution in [-0.2, 0) is 20.2 Å². The maximum atomic E-state index is 11.9. The minimum atomic E-state index is -4.85. The number of rotatable bonds is 13. The summed E-state index contributed by atoms with van der Waals surface area (Å²) in [5, 5.41) is 45.0. The summed E-state index contributed by atoms with van der Waals surface area (Å²) < 4.78 is 108. The average Bonchev–Trinajstić information content (AvgIpc) is 3.00. The van der Waals surface area contributed by atoms with Gasteiger partial charge in [-0.3, -0.25) is 9.11 Å². The number of nitrogen functional groups attached to an aromatic ring is 2. The van der Waals surface area contributed by atoms with Crippen LogP contribution in [0.3, 0.4) is 0 Å². The Balaban J connectivity index is 1.91. The summed E-state index contributed by atoms with van der Waals surface area (Å²) in [5.74, 6) is -1.20. The van der Waals surface area contributed by atoms with E-state index in [1.54, 1.807) is 0 Å². The Morgan fingerprint density at radius 1 is 0.633 bits per heavy atom. The van der Waals surface area contributed by atoms with E-state index in [1.165, 1.54) is 6.07 Å². The van der Waals surface area contributed by atoms with Crippen molar-refractivity contribution in [2.24, 2.45) is 20.5 Å². The lowest BCUT2D eigenvalue weighted by Gasteiger charge is -2.22. The molecule has 4 rings (SSSR count). The van der Waals surface area contributed by atoms with Gasteiger partial charge in [0.25, 0.3) is 20.2 Å². The van der Waals surface area contributed by atoms with Crippen molar-refractivity contribution in [2.45, 2.75) is 14.7 Å². The molecule has 0 saturated heterocycles. The van der Waals surface area contributed by atoms with Gasteiger partial charge in [0.05, 0.1) is 23.8 Å². The molecule has 0 atom stereocenters. The number of ether oxygens (including phenoxy) is 2. The van der Waals surface area contributed by atoms with Crippen LogP contribution in [-0.4, -0.2) is 81.3 Å². The van der Waals surface area contributed by atoms with Crippen molar-refractivity contribution < 1.29 is 64.4 Å². The third-order valence-electron chi connectivity index (χ3n) is 6.28. The van der Waals surface area contributed by atoms with Crippen molar-refractivity contribution in [2.75, 3.05) is 37.9 Å². The van der Waals surface area contributed by atoms with Crippen molar-refractivity contribution >= 4 is 76.0 Å². The molecule has 20 nitrogen and oxygen atoms in total. The molecule has 0 saturated carbocycles. The van der Waals surface area contributed by atoms with E-state index in [9.17, 15) is 54.9 Å². The summed E-state index contributed by atoms with van der Waals surface area (Å²) in [6, 6.07) is 8.34. The molecule has 12 N–H and O–H groups in total. The summed E-state index contributed by atoms with van der Waals surface area (Å²) in [4.78, 5) is -2.24. The lowest BCUT2D eigenvalue weighted by molar-refractivity contribution is 0.198. The molecule has 0 radical (unpaired) electrons. The number of phenols is 1. The van der Waals surface area contributed by atoms with E-state index in [1.807, 2.05) is 0 Å². The van der Waals surface area contributed by atoms with Gasteiger partial charge in [0, 0.05) is 23.2 Å². The van der Waals surface area contributed by atoms with E-state index >= 15 is 0 Å². The van der Waals surface area contributed by atoms with Crippen LogP contribution in [0, 0.1) is 0 Å². The zero-order valence-electron chi connectivity index (χ0n) is 24.6. The number of hydrogen-bond acceptors (Lipinski definition) is 18. The molecule has 4 aromatic rings. The van der Waals surface area contributed by atoms with Crippen LogP contribution in [0.15, 0.2) is 83.7 Å². The molecule has 0 spiro atoms. The fraction of sp³-hybridized carbons (Fsp3) is 0.154. The highest BCUT2D eigenvalue weighted by molar-refractivity contribution is 8.19. The largest absolute Gasteiger partial charge is 0.505 e. The fourth-order valence-corrected chi connectivity index (χ4v) is 6.16. The van der Waals surface area contributed by atoms with E-state index in [2.05, 4.69) is 20.5 Å². The summed E-state index contributed by atoms with van der Waals surface area (Å²) in [7, 11) is -14.3. The first-order valence-electron chi connectivity index (χ1n) is 13.3. The van der Waals surface area contributed by atoms with Crippen LogP contribution >= 0.6 is 10.9 Å². The molecular formula is C26H28N6O14S3. The van der Waals surface area contributed by atoms with Gasteiger partial charge in [-0.25, -0.2) is 0 Å². The predicted octanol–water partition coefficient (Wildman–Crippen LogP) is 4.36. The monoisotopic (exact) mass is 744 g/mol. The molecule has 0 aliphatic rings. The second-order valence-electron chi connectivity index (χ2n) is 9.71. The number of benzene rings is 4. The van der Waals surface area contributed by atoms with E-state index in [-0.39, 0.29) is 58.2 Å². The van der Waals surface area contributed by atoms with E-state index in [0.29, 0.717) is 0 Å². The summed E-state index contributed by atoms with van der Waals surface area (Å²) in [6.07, 6.45) is 0. The number of hydrogen-bond donors (Lipinski definition) is 10. The molecule has 4 aromatic carbocycles. The number of aliphatic hydroxyl groups excluding tert-OH is 2. The second-order valence-corrected chi connectivity index (χ2v) is 14.0. The maximum Gasteiger partial charge on any atom is 0.296 e. The first-order chi connectivity index (χ1) is 22.8. The minimum absolute atomic E-state index is 0.00214. The van der Waals surface area contributed by atoms with Crippen molar-refractivity contribution in [3.8, 4) is 17.2 Å². The van der Waals surface area contributed by atoms with Gasteiger partial charge in [0.2, 0.25) is 0 Å². The maximum absolute atomic E-state index is 11.9. The highest BCUT2D eigenvalue weighted by Crippen LogP contribution is 2.55. The Bertz CT molecular complexity index is 2190. The fourth-order valence-electron chi connectivity index (χ4n) is 4.19. The van der Waals surface area contributed by atoms with Crippen LogP contribution in [0.25, 0.3) is 10.8 Å². The molecule has 264 valence electrons. The van der Waals surface area contributed by atoms with Crippen molar-refractivity contribution in [1.29, 1.82) is 0 Å². The van der Waals surface area contributed by atoms with Gasteiger partial charge in [-0.15, -0.1) is 20.5 Å². The number of nitrogens with two attached hydrogens (primary N) is 2. The average molecular weight is 745 g/mol. The summed E-state index contributed by atoms with van der Waals surface area (Å²) in [5.41, 5.74) is 9.45. The highest BCUT2D eigenvalue weighted by atomic mass is 32.3. The molecule has 0 aliphatic carbocycles. The molecule has 0 bridgehead atoms. The summed E-state index contributed by atoms with van der Waals surface area (Å²) >= 11 is 0. The van der Waals surface area contributed by atoms with Gasteiger partial charge in [0.15, 0.2) is 5.75 Å². The smallest absolute Gasteiger partial charge is 0.296 e. The number of fused-ring (bicyclic) bond motifs is 1. The van der Waals surface area contributed by atoms with Gasteiger partial charge in [-0.1, -0.05) is 0 Å². The van der Waals surface area contributed by atoms with Crippen LogP contribution in [0.4, 0.5) is 34.1 Å². The molecule has 0 aromatic heterocycles. The predicted molar refractivity (Wildman–Crippen MR) is 174 cm³/mol. The van der Waals surface area contributed by atoms with Gasteiger partial charge in [-0.2, -0.15) is 16.8 Å². The number of aromatic hydroxyl groups is 1. The molecule has 0 unspecified atom stereocenters. The quantitative estimate of drug-likeness (QED) is 0.0516. The number of anilines is 2. The summed E-state index contributed by atoms with van der Waals surface area (Å²) in [6.45, 7) is -1.60. The molecular weight excluding hydrogens is 717 g/mol. The van der Waals surface area contributed by atoms with Crippen LogP contribution in [0.1, 0.15) is 0 Å². The first kappa shape index (κ1) is 37.1. The van der Waals surface area contributed by atoms with E-state index < -0.39 is 76.1 Å². The Morgan fingerprint density at radius 2 is 1.14 bits per heavy atom. The third-order valence-corrected chi connectivity index (χ3v) is 8.97. The van der Waals surface area contributed by atoms with Crippen molar-refractivity contribution in [3.05, 3.63) is 48.5 Å². The molecule has 49 heavy (non-hydrogen) atoms. The topological polar surface area (TPSA) is 350 Å². The highest BCUT2D eigenvalue weighted by Gasteiger charge is 2.27. The van der Waals surface area contributed by atoms with Gasteiger partial charge in [0.1, 0.15) is 68.1 Å². The Hall–Kier alpha value is -4.69. The Morgan fingerprint density at radius 3 is 1.65 bits per heavy atom. The van der Waals surface area contributed by atoms with E-state index in [0.717, 1.165) is 42.5 Å². The zero-order chi connectivity index (χ0) is 36.3. The second kappa shape index (κ2) is 14.4. The number of phenolic OH excluding ortho intramolecular Hbond substituents is 1. The molecule has 0 fully saturated rings. The van der Waals surface area contributed by atoms with Gasteiger partial charge >= 0.3 is 0 Å². The molecule has 0 heterocycles. The molecule has 23 heteroatoms. The van der Waals surface area contributed by atoms with Crippen LogP contribution < -0.4 is 20.9 Å². The Kier molecular flexibility index (Phi) is 10.9. The molecule has 0 aliphatic heterocycles. The third kappa shape index (κ3) is 8.67. The lowest BCUT2D eigenvalue weighted by Crippen LogP contribution is -2.04. The first-order valence-corrected chi connectivity index (χ1v) is 17.7. The Labute approximate surface area is 278 Å². The lowest BCUT2D eigenvalue weighted by atomic mass is 10.1. The molecule has 0 amide bonds. The van der Waals surface area contributed by atoms with Crippen molar-refractivity contribution in [1.82, 2.24) is 0 Å². The van der Waals surface area contributed by atoms with Crippen molar-refractivity contribution in [3.63, 3.8) is 0 Å². The number of nitrogens with zero attached hydrogens (tertiary/aromatic N) is 4. The zero-order valence-corrected chi connectivity index (χ0v) is 27.1.